The van der Waals surface area contributed by atoms with Crippen LogP contribution in [0.5, 0.6) is 0 Å². The van der Waals surface area contributed by atoms with Gasteiger partial charge in [0.2, 0.25) is 0 Å². The van der Waals surface area contributed by atoms with Crippen LogP contribution in [0.25, 0.3) is 21.6 Å². The molecule has 4 heterocycles. The van der Waals surface area contributed by atoms with Gasteiger partial charge in [-0.15, -0.1) is 22.7 Å². The first-order valence-corrected chi connectivity index (χ1v) is 16.9. The lowest BCUT2D eigenvalue weighted by atomic mass is 9.97. The number of carboxylic acid groups (broad SMARTS) is 2. The zero-order valence-corrected chi connectivity index (χ0v) is 25.6. The zero-order valence-electron chi connectivity index (χ0n) is 23.1. The SMILES string of the molecule is O=C(O)C(F)(F)F.O=C(O)C1CCN(Cc2cnc(-c3cc4cccc(NS(=O)(=O)c5sccc5CC5CC5)c4[nH]3)s2)CC1. The Balaban J connectivity index is 0.000000493. The molecule has 0 amide bonds. The van der Waals surface area contributed by atoms with Crippen molar-refractivity contribution < 1.29 is 41.4 Å². The smallest absolute Gasteiger partial charge is 0.481 e. The van der Waals surface area contributed by atoms with Crippen LogP contribution in [0.2, 0.25) is 0 Å². The Morgan fingerprint density at radius 1 is 1.11 bits per heavy atom. The van der Waals surface area contributed by atoms with Crippen LogP contribution in [0, 0.1) is 11.8 Å². The fourth-order valence-electron chi connectivity index (χ4n) is 4.95. The molecule has 4 N–H and O–H groups in total. The van der Waals surface area contributed by atoms with Crippen LogP contribution in [-0.2, 0) is 32.6 Å². The number of aliphatic carboxylic acids is 2. The fraction of sp³-hybridized carbons (Fsp3) is 0.393. The van der Waals surface area contributed by atoms with Crippen molar-refractivity contribution in [3.8, 4) is 10.7 Å². The lowest BCUT2D eigenvalue weighted by Gasteiger charge is -2.29. The number of aromatic amines is 1. The van der Waals surface area contributed by atoms with Crippen molar-refractivity contribution in [3.63, 3.8) is 0 Å². The maximum Gasteiger partial charge on any atom is 0.490 e. The number of hydrogen-bond donors (Lipinski definition) is 4. The number of likely N-dealkylation sites (tertiary alicyclic amines) is 1. The van der Waals surface area contributed by atoms with Crippen LogP contribution < -0.4 is 4.72 Å². The van der Waals surface area contributed by atoms with Crippen molar-refractivity contribution in [3.05, 3.63) is 52.3 Å². The molecule has 2 aliphatic rings. The van der Waals surface area contributed by atoms with Crippen LogP contribution in [0.4, 0.5) is 18.9 Å². The maximum absolute atomic E-state index is 13.3. The molecule has 0 radical (unpaired) electrons. The number of carboxylic acids is 2. The normalized spacial score (nSPS) is 16.4. The molecule has 236 valence electrons. The topological polar surface area (TPSA) is 153 Å². The van der Waals surface area contributed by atoms with Crippen molar-refractivity contribution in [1.82, 2.24) is 14.9 Å². The van der Waals surface area contributed by atoms with E-state index < -0.39 is 28.1 Å². The minimum atomic E-state index is -5.08. The second-order valence-electron chi connectivity index (χ2n) is 10.8. The van der Waals surface area contributed by atoms with Gasteiger partial charge in [0.05, 0.1) is 22.8 Å². The third-order valence-electron chi connectivity index (χ3n) is 7.40. The lowest BCUT2D eigenvalue weighted by Crippen LogP contribution is -2.35. The summed E-state index contributed by atoms with van der Waals surface area (Å²) >= 11 is 2.86. The number of nitrogens with one attached hydrogen (secondary N) is 2. The van der Waals surface area contributed by atoms with E-state index in [0.29, 0.717) is 28.7 Å². The van der Waals surface area contributed by atoms with Gasteiger partial charge in [0.15, 0.2) is 0 Å². The number of sulfonamides is 1. The number of thiazole rings is 1. The molecule has 6 rings (SSSR count). The summed E-state index contributed by atoms with van der Waals surface area (Å²) in [6, 6.07) is 9.52. The summed E-state index contributed by atoms with van der Waals surface area (Å²) in [6.45, 7) is 2.29. The number of benzene rings is 1. The van der Waals surface area contributed by atoms with Gasteiger partial charge in [-0.2, -0.15) is 13.2 Å². The Bertz CT molecular complexity index is 1750. The standard InChI is InChI=1S/C26H28N4O4S3.C2HF3O2/c31-25(32)17-6-9-30(10-7-17)15-20-14-27-24(36-20)22-13-18-2-1-3-21(23(18)28-22)29-37(33,34)26-19(8-11-35-26)12-16-4-5-16;3-2(4,5)1(6)7/h1-3,8,11,13-14,16-17,28-29H,4-7,9-10,12,15H2,(H,31,32);(H,6,7). The highest BCUT2D eigenvalue weighted by atomic mass is 32.2. The fourth-order valence-corrected chi connectivity index (χ4v) is 8.39. The summed E-state index contributed by atoms with van der Waals surface area (Å²) in [4.78, 5) is 31.5. The number of para-hydroxylation sites is 1. The van der Waals surface area contributed by atoms with E-state index in [-0.39, 0.29) is 5.92 Å². The number of nitrogens with zero attached hydrogens (tertiary/aromatic N) is 2. The highest BCUT2D eigenvalue weighted by Crippen LogP contribution is 2.37. The molecule has 10 nitrogen and oxygen atoms in total. The van der Waals surface area contributed by atoms with Crippen molar-refractivity contribution in [2.75, 3.05) is 17.8 Å². The number of aromatic nitrogens is 2. The van der Waals surface area contributed by atoms with E-state index in [1.54, 1.807) is 17.4 Å². The van der Waals surface area contributed by atoms with Gasteiger partial charge in [0.1, 0.15) is 9.22 Å². The predicted octanol–water partition coefficient (Wildman–Crippen LogP) is 6.04. The van der Waals surface area contributed by atoms with E-state index >= 15 is 0 Å². The first-order chi connectivity index (χ1) is 20.8. The van der Waals surface area contributed by atoms with E-state index in [2.05, 4.69) is 19.6 Å². The number of piperidine rings is 1. The van der Waals surface area contributed by atoms with E-state index in [9.17, 15) is 31.5 Å². The number of halogens is 3. The Kier molecular flexibility index (Phi) is 9.34. The van der Waals surface area contributed by atoms with Crippen LogP contribution in [0.15, 0.2) is 46.1 Å². The number of H-pyrrole nitrogens is 1. The van der Waals surface area contributed by atoms with Gasteiger partial charge in [-0.3, -0.25) is 14.4 Å². The van der Waals surface area contributed by atoms with Crippen molar-refractivity contribution >= 4 is 61.2 Å². The molecule has 0 bridgehead atoms. The minimum Gasteiger partial charge on any atom is -0.481 e. The summed E-state index contributed by atoms with van der Waals surface area (Å²) in [5.74, 6) is -3.09. The molecule has 0 spiro atoms. The molecule has 4 aromatic rings. The number of carbonyl (C=O) groups is 2. The average Bonchev–Trinajstić information content (AvgIpc) is 3.30. The van der Waals surface area contributed by atoms with Crippen LogP contribution in [-0.4, -0.2) is 64.7 Å². The molecule has 1 aromatic carbocycles. The molecule has 1 saturated carbocycles. The predicted molar refractivity (Wildman–Crippen MR) is 160 cm³/mol. The Hall–Kier alpha value is -3.47. The van der Waals surface area contributed by atoms with Gasteiger partial charge >= 0.3 is 18.1 Å². The largest absolute Gasteiger partial charge is 0.490 e. The van der Waals surface area contributed by atoms with Crippen LogP contribution >= 0.6 is 22.7 Å². The molecule has 1 saturated heterocycles. The second kappa shape index (κ2) is 12.9. The summed E-state index contributed by atoms with van der Waals surface area (Å²) in [5.41, 5.74) is 3.00. The molecule has 1 aliphatic heterocycles. The van der Waals surface area contributed by atoms with Gasteiger partial charge in [-0.25, -0.2) is 18.2 Å². The summed E-state index contributed by atoms with van der Waals surface area (Å²) in [7, 11) is -3.69. The number of hydrogen-bond acceptors (Lipinski definition) is 8. The molecular formula is C28H29F3N4O6S3. The summed E-state index contributed by atoms with van der Waals surface area (Å²) < 4.78 is 61.5. The van der Waals surface area contributed by atoms with Gasteiger partial charge in [-0.1, -0.05) is 12.1 Å². The first kappa shape index (κ1) is 31.9. The number of rotatable bonds is 9. The third-order valence-corrected chi connectivity index (χ3v) is 11.3. The molecule has 16 heteroatoms. The summed E-state index contributed by atoms with van der Waals surface area (Å²) in [5, 5.41) is 19.9. The third kappa shape index (κ3) is 7.78. The molecule has 2 fully saturated rings. The number of anilines is 1. The molecular weight excluding hydrogens is 642 g/mol. The van der Waals surface area contributed by atoms with Gasteiger partial charge in [0.25, 0.3) is 10.0 Å². The second-order valence-corrected chi connectivity index (χ2v) is 14.7. The molecule has 1 aliphatic carbocycles. The summed E-state index contributed by atoms with van der Waals surface area (Å²) in [6.07, 6.45) is 1.31. The maximum atomic E-state index is 13.3. The highest BCUT2D eigenvalue weighted by molar-refractivity contribution is 7.94. The Morgan fingerprint density at radius 3 is 2.45 bits per heavy atom. The highest BCUT2D eigenvalue weighted by Gasteiger charge is 2.38. The van der Waals surface area contributed by atoms with Crippen molar-refractivity contribution in [1.29, 1.82) is 0 Å². The quantitative estimate of drug-likeness (QED) is 0.168. The molecule has 0 atom stereocenters. The van der Waals surface area contributed by atoms with Crippen LogP contribution in [0.3, 0.4) is 0 Å². The Morgan fingerprint density at radius 2 is 1.82 bits per heavy atom. The van der Waals surface area contributed by atoms with Crippen molar-refractivity contribution in [2.45, 2.75) is 49.0 Å². The Labute approximate surface area is 258 Å². The van der Waals surface area contributed by atoms with Gasteiger partial charge in [0, 0.05) is 23.0 Å². The molecule has 44 heavy (non-hydrogen) atoms. The zero-order chi connectivity index (χ0) is 31.6. The number of fused-ring (bicyclic) bond motifs is 1. The minimum absolute atomic E-state index is 0.240. The number of alkyl halides is 3. The van der Waals surface area contributed by atoms with E-state index in [4.69, 9.17) is 9.90 Å². The van der Waals surface area contributed by atoms with Crippen LogP contribution in [0.1, 0.15) is 36.1 Å². The number of thiophene rings is 1. The van der Waals surface area contributed by atoms with Gasteiger partial charge < -0.3 is 15.2 Å². The lowest BCUT2D eigenvalue weighted by molar-refractivity contribution is -0.192. The average molecular weight is 671 g/mol. The first-order valence-electron chi connectivity index (χ1n) is 13.7. The monoisotopic (exact) mass is 670 g/mol. The molecule has 0 unspecified atom stereocenters. The van der Waals surface area contributed by atoms with E-state index in [1.807, 2.05) is 35.8 Å². The van der Waals surface area contributed by atoms with Gasteiger partial charge in [-0.05, 0) is 80.3 Å². The van der Waals surface area contributed by atoms with E-state index in [0.717, 1.165) is 58.1 Å². The van der Waals surface area contributed by atoms with E-state index in [1.165, 1.54) is 24.2 Å². The van der Waals surface area contributed by atoms with Crippen molar-refractivity contribution in [2.24, 2.45) is 11.8 Å². The molecule has 3 aromatic heterocycles.